The first-order chi connectivity index (χ1) is 6.50. The molecule has 0 bridgehead atoms. The minimum atomic E-state index is -0.501. The Balaban J connectivity index is 2.78. The Labute approximate surface area is 86.9 Å². The lowest BCUT2D eigenvalue weighted by molar-refractivity contribution is -0.119. The number of benzene rings is 1. The second kappa shape index (κ2) is 4.53. The molecular weight excluding hydrogens is 205 g/mol. The number of nitrogens with two attached hydrogens (primary N) is 1. The van der Waals surface area contributed by atoms with Gasteiger partial charge in [-0.1, -0.05) is 17.7 Å². The predicted molar refractivity (Wildman–Crippen MR) is 53.8 cm³/mol. The van der Waals surface area contributed by atoms with Gasteiger partial charge in [0, 0.05) is 6.42 Å². The lowest BCUT2D eigenvalue weighted by Gasteiger charge is -2.04. The smallest absolute Gasteiger partial charge is 0.153 e. The first-order valence-corrected chi connectivity index (χ1v) is 4.60. The van der Waals surface area contributed by atoms with Crippen LogP contribution < -0.4 is 5.73 Å². The Kier molecular flexibility index (Phi) is 3.61. The zero-order valence-electron chi connectivity index (χ0n) is 7.76. The van der Waals surface area contributed by atoms with Gasteiger partial charge in [-0.15, -0.1) is 0 Å². The molecule has 1 rings (SSSR count). The van der Waals surface area contributed by atoms with Gasteiger partial charge in [-0.2, -0.15) is 0 Å². The molecule has 0 fully saturated rings. The quantitative estimate of drug-likeness (QED) is 0.838. The van der Waals surface area contributed by atoms with Gasteiger partial charge < -0.3 is 5.73 Å². The summed E-state index contributed by atoms with van der Waals surface area (Å²) in [6.45, 7) is 1.62. The van der Waals surface area contributed by atoms with Crippen molar-refractivity contribution < 1.29 is 9.18 Å². The lowest BCUT2D eigenvalue weighted by atomic mass is 10.1. The van der Waals surface area contributed by atoms with Gasteiger partial charge in [-0.25, -0.2) is 4.39 Å². The first kappa shape index (κ1) is 11.1. The van der Waals surface area contributed by atoms with Gasteiger partial charge in [0.25, 0.3) is 0 Å². The second-order valence-electron chi connectivity index (χ2n) is 3.18. The zero-order chi connectivity index (χ0) is 10.7. The van der Waals surface area contributed by atoms with Crippen molar-refractivity contribution in [2.75, 3.05) is 0 Å². The maximum Gasteiger partial charge on any atom is 0.153 e. The van der Waals surface area contributed by atoms with Gasteiger partial charge in [-0.3, -0.25) is 4.79 Å². The Morgan fingerprint density at radius 1 is 1.64 bits per heavy atom. The third kappa shape index (κ3) is 2.79. The average molecular weight is 216 g/mol. The molecule has 1 atom stereocenters. The highest BCUT2D eigenvalue weighted by atomic mass is 35.5. The molecule has 0 radical (unpaired) electrons. The number of hydrogen-bond donors (Lipinski definition) is 1. The van der Waals surface area contributed by atoms with Crippen molar-refractivity contribution in [2.45, 2.75) is 19.4 Å². The normalized spacial score (nSPS) is 12.6. The summed E-state index contributed by atoms with van der Waals surface area (Å²) in [5, 5.41) is 0.0278. The van der Waals surface area contributed by atoms with Gasteiger partial charge in [0.15, 0.2) is 5.78 Å². The molecule has 1 aromatic carbocycles. The Morgan fingerprint density at radius 3 is 2.79 bits per heavy atom. The molecule has 1 unspecified atom stereocenters. The van der Waals surface area contributed by atoms with E-state index in [2.05, 4.69) is 0 Å². The lowest BCUT2D eigenvalue weighted by Crippen LogP contribution is -2.28. The fourth-order valence-electron chi connectivity index (χ4n) is 1.01. The van der Waals surface area contributed by atoms with E-state index in [9.17, 15) is 9.18 Å². The summed E-state index contributed by atoms with van der Waals surface area (Å²) in [6.07, 6.45) is 0.192. The Morgan fingerprint density at radius 2 is 2.29 bits per heavy atom. The van der Waals surface area contributed by atoms with Crippen LogP contribution in [-0.4, -0.2) is 11.8 Å². The van der Waals surface area contributed by atoms with E-state index in [0.29, 0.717) is 5.56 Å². The molecule has 0 aliphatic rings. The molecule has 0 aliphatic heterocycles. The van der Waals surface area contributed by atoms with Crippen molar-refractivity contribution >= 4 is 17.4 Å². The van der Waals surface area contributed by atoms with E-state index in [-0.39, 0.29) is 17.2 Å². The molecule has 0 saturated carbocycles. The number of ketones is 1. The minimum Gasteiger partial charge on any atom is -0.322 e. The van der Waals surface area contributed by atoms with Crippen molar-refractivity contribution in [2.24, 2.45) is 5.73 Å². The summed E-state index contributed by atoms with van der Waals surface area (Å²) in [4.78, 5) is 11.2. The molecule has 2 N–H and O–H groups in total. The summed E-state index contributed by atoms with van der Waals surface area (Å²) < 4.78 is 12.8. The van der Waals surface area contributed by atoms with E-state index in [4.69, 9.17) is 17.3 Å². The van der Waals surface area contributed by atoms with Crippen LogP contribution in [0.4, 0.5) is 4.39 Å². The summed E-state index contributed by atoms with van der Waals surface area (Å²) in [7, 11) is 0. The zero-order valence-corrected chi connectivity index (χ0v) is 8.51. The van der Waals surface area contributed by atoms with Gasteiger partial charge >= 0.3 is 0 Å². The van der Waals surface area contributed by atoms with Gasteiger partial charge in [-0.05, 0) is 24.6 Å². The van der Waals surface area contributed by atoms with Crippen LogP contribution in [0.25, 0.3) is 0 Å². The molecule has 0 spiro atoms. The molecule has 0 aliphatic carbocycles. The minimum absolute atomic E-state index is 0.0278. The van der Waals surface area contributed by atoms with E-state index < -0.39 is 11.9 Å². The van der Waals surface area contributed by atoms with E-state index >= 15 is 0 Å². The number of Topliss-reactive ketones (excluding diaryl/α,β-unsaturated/α-hetero) is 1. The van der Waals surface area contributed by atoms with Crippen LogP contribution in [0.3, 0.4) is 0 Å². The number of carbonyl (C=O) groups excluding carboxylic acids is 1. The first-order valence-electron chi connectivity index (χ1n) is 4.23. The van der Waals surface area contributed by atoms with Gasteiger partial charge in [0.2, 0.25) is 0 Å². The molecule has 76 valence electrons. The van der Waals surface area contributed by atoms with Gasteiger partial charge in [0.05, 0.1) is 11.1 Å². The van der Waals surface area contributed by atoms with E-state index in [0.717, 1.165) is 0 Å². The molecule has 4 heteroatoms. The average Bonchev–Trinajstić information content (AvgIpc) is 2.11. The van der Waals surface area contributed by atoms with Crippen LogP contribution in [0.15, 0.2) is 18.2 Å². The van der Waals surface area contributed by atoms with Crippen molar-refractivity contribution in [3.63, 3.8) is 0 Å². The van der Waals surface area contributed by atoms with Gasteiger partial charge in [0.1, 0.15) is 5.82 Å². The summed E-state index contributed by atoms with van der Waals surface area (Å²) >= 11 is 5.56. The number of halogens is 2. The molecule has 0 aromatic heterocycles. The van der Waals surface area contributed by atoms with Crippen LogP contribution in [0.2, 0.25) is 5.02 Å². The van der Waals surface area contributed by atoms with Crippen molar-refractivity contribution in [3.8, 4) is 0 Å². The second-order valence-corrected chi connectivity index (χ2v) is 3.59. The molecular formula is C10H11ClFNO. The number of rotatable bonds is 3. The van der Waals surface area contributed by atoms with Crippen molar-refractivity contribution in [3.05, 3.63) is 34.6 Å². The fourth-order valence-corrected chi connectivity index (χ4v) is 1.21. The van der Waals surface area contributed by atoms with Crippen LogP contribution in [0, 0.1) is 5.82 Å². The summed E-state index contributed by atoms with van der Waals surface area (Å²) in [6, 6.07) is 3.71. The molecule has 0 saturated heterocycles. The maximum atomic E-state index is 12.8. The van der Waals surface area contributed by atoms with E-state index in [1.165, 1.54) is 18.2 Å². The molecule has 0 heterocycles. The SMILES string of the molecule is CC(N)C(=O)Cc1ccc(F)c(Cl)c1. The fraction of sp³-hybridized carbons (Fsp3) is 0.300. The van der Waals surface area contributed by atoms with Crippen LogP contribution in [0.5, 0.6) is 0 Å². The van der Waals surface area contributed by atoms with Crippen LogP contribution in [0.1, 0.15) is 12.5 Å². The highest BCUT2D eigenvalue weighted by molar-refractivity contribution is 6.30. The molecule has 2 nitrogen and oxygen atoms in total. The third-order valence-electron chi connectivity index (χ3n) is 1.87. The number of hydrogen-bond acceptors (Lipinski definition) is 2. The Bertz CT molecular complexity index is 352. The highest BCUT2D eigenvalue weighted by Gasteiger charge is 2.09. The predicted octanol–water partition coefficient (Wildman–Crippen LogP) is 1.94. The third-order valence-corrected chi connectivity index (χ3v) is 2.16. The monoisotopic (exact) mass is 215 g/mol. The maximum absolute atomic E-state index is 12.8. The van der Waals surface area contributed by atoms with Crippen molar-refractivity contribution in [1.82, 2.24) is 0 Å². The van der Waals surface area contributed by atoms with Crippen LogP contribution >= 0.6 is 11.6 Å². The summed E-state index contributed by atoms with van der Waals surface area (Å²) in [5.41, 5.74) is 6.07. The molecule has 1 aromatic rings. The number of carbonyl (C=O) groups is 1. The standard InChI is InChI=1S/C10H11ClFNO/c1-6(13)10(14)5-7-2-3-9(12)8(11)4-7/h2-4,6H,5,13H2,1H3. The van der Waals surface area contributed by atoms with E-state index in [1.54, 1.807) is 6.92 Å². The highest BCUT2D eigenvalue weighted by Crippen LogP contribution is 2.16. The molecule has 14 heavy (non-hydrogen) atoms. The van der Waals surface area contributed by atoms with Crippen molar-refractivity contribution in [1.29, 1.82) is 0 Å². The molecule has 0 amide bonds. The topological polar surface area (TPSA) is 43.1 Å². The van der Waals surface area contributed by atoms with E-state index in [1.807, 2.05) is 0 Å². The Hall–Kier alpha value is -0.930. The van der Waals surface area contributed by atoms with Crippen LogP contribution in [-0.2, 0) is 11.2 Å². The summed E-state index contributed by atoms with van der Waals surface area (Å²) in [5.74, 6) is -0.573. The largest absolute Gasteiger partial charge is 0.322 e.